The van der Waals surface area contributed by atoms with Crippen LogP contribution in [0.3, 0.4) is 0 Å². The highest BCUT2D eigenvalue weighted by Gasteiger charge is 2.19. The summed E-state index contributed by atoms with van der Waals surface area (Å²) in [5.74, 6) is 0.943. The number of benzene rings is 2. The largest absolute Gasteiger partial charge is 0.496 e. The van der Waals surface area contributed by atoms with E-state index >= 15 is 0 Å². The van der Waals surface area contributed by atoms with Crippen LogP contribution in [0.5, 0.6) is 5.75 Å². The third kappa shape index (κ3) is 2.55. The van der Waals surface area contributed by atoms with Crippen molar-refractivity contribution in [3.8, 4) is 5.75 Å². The van der Waals surface area contributed by atoms with Crippen LogP contribution in [0.4, 0.5) is 0 Å². The lowest BCUT2D eigenvalue weighted by Gasteiger charge is -2.17. The van der Waals surface area contributed by atoms with Crippen molar-refractivity contribution in [3.63, 3.8) is 0 Å². The molecule has 104 valence electrons. The van der Waals surface area contributed by atoms with Crippen LogP contribution in [0.2, 0.25) is 0 Å². The van der Waals surface area contributed by atoms with Gasteiger partial charge in [-0.2, -0.15) is 0 Å². The Labute approximate surface area is 120 Å². The van der Waals surface area contributed by atoms with E-state index in [2.05, 4.69) is 35.2 Å². The summed E-state index contributed by atoms with van der Waals surface area (Å²) in [5.41, 5.74) is 11.0. The Balaban J connectivity index is 1.79. The predicted octanol–water partition coefficient (Wildman–Crippen LogP) is 2.67. The average Bonchev–Trinajstić information content (AvgIpc) is 2.89. The zero-order valence-electron chi connectivity index (χ0n) is 11.8. The van der Waals surface area contributed by atoms with Crippen molar-refractivity contribution in [2.75, 3.05) is 7.11 Å². The van der Waals surface area contributed by atoms with Gasteiger partial charge in [0.05, 0.1) is 7.11 Å². The van der Waals surface area contributed by atoms with E-state index in [1.165, 1.54) is 16.7 Å². The van der Waals surface area contributed by atoms with Crippen LogP contribution in [0.25, 0.3) is 0 Å². The molecule has 20 heavy (non-hydrogen) atoms. The first kappa shape index (κ1) is 13.2. The molecular formula is C17H20N2O. The molecule has 0 atom stereocenters. The molecule has 0 unspecified atom stereocenters. The lowest BCUT2D eigenvalue weighted by Crippen LogP contribution is -2.16. The molecule has 0 amide bonds. The molecule has 3 rings (SSSR count). The quantitative estimate of drug-likeness (QED) is 0.926. The Bertz CT molecular complexity index is 585. The minimum absolute atomic E-state index is 0.567. The lowest BCUT2D eigenvalue weighted by atomic mass is 10.1. The number of hydrogen-bond acceptors (Lipinski definition) is 3. The molecule has 0 bridgehead atoms. The molecular weight excluding hydrogens is 248 g/mol. The number of ether oxygens (including phenoxy) is 1. The van der Waals surface area contributed by atoms with Crippen molar-refractivity contribution in [1.29, 1.82) is 0 Å². The smallest absolute Gasteiger partial charge is 0.123 e. The summed E-state index contributed by atoms with van der Waals surface area (Å²) in [6.45, 7) is 3.47. The third-order valence-corrected chi connectivity index (χ3v) is 3.88. The van der Waals surface area contributed by atoms with E-state index < -0.39 is 0 Å². The monoisotopic (exact) mass is 268 g/mol. The fraction of sp³-hybridized carbons (Fsp3) is 0.294. The van der Waals surface area contributed by atoms with Gasteiger partial charge in [-0.25, -0.2) is 0 Å². The van der Waals surface area contributed by atoms with Crippen LogP contribution < -0.4 is 10.5 Å². The Morgan fingerprint density at radius 1 is 1.10 bits per heavy atom. The van der Waals surface area contributed by atoms with Crippen molar-refractivity contribution < 1.29 is 4.74 Å². The number of rotatable bonds is 4. The van der Waals surface area contributed by atoms with Crippen LogP contribution in [0, 0.1) is 0 Å². The fourth-order valence-electron chi connectivity index (χ4n) is 2.84. The summed E-state index contributed by atoms with van der Waals surface area (Å²) in [4.78, 5) is 2.43. The van der Waals surface area contributed by atoms with Crippen LogP contribution in [-0.2, 0) is 26.2 Å². The molecule has 1 aliphatic heterocycles. The summed E-state index contributed by atoms with van der Waals surface area (Å²) in [7, 11) is 1.72. The molecule has 0 spiro atoms. The summed E-state index contributed by atoms with van der Waals surface area (Å²) in [6.07, 6.45) is 0. The van der Waals surface area contributed by atoms with E-state index in [1.807, 2.05) is 12.1 Å². The van der Waals surface area contributed by atoms with Gasteiger partial charge in [0.25, 0.3) is 0 Å². The van der Waals surface area contributed by atoms with Gasteiger partial charge in [0, 0.05) is 31.7 Å². The Morgan fingerprint density at radius 2 is 1.80 bits per heavy atom. The first-order valence-corrected chi connectivity index (χ1v) is 6.95. The van der Waals surface area contributed by atoms with Gasteiger partial charge in [-0.05, 0) is 28.8 Å². The number of hydrogen-bond donors (Lipinski definition) is 1. The molecule has 1 aliphatic rings. The number of methoxy groups -OCH3 is 1. The molecule has 0 radical (unpaired) electrons. The minimum Gasteiger partial charge on any atom is -0.496 e. The van der Waals surface area contributed by atoms with E-state index in [9.17, 15) is 0 Å². The molecule has 2 aromatic carbocycles. The standard InChI is InChI=1S/C17H20N2O/c1-20-17-7-6-13(9-18)8-16(17)12-19-10-14-4-2-3-5-15(14)11-19/h2-8H,9-12,18H2,1H3. The summed E-state index contributed by atoms with van der Waals surface area (Å²) < 4.78 is 5.46. The van der Waals surface area contributed by atoms with Crippen LogP contribution in [0.1, 0.15) is 22.3 Å². The summed E-state index contributed by atoms with van der Waals surface area (Å²) in [5, 5.41) is 0. The Morgan fingerprint density at radius 3 is 2.40 bits per heavy atom. The van der Waals surface area contributed by atoms with E-state index in [1.54, 1.807) is 7.11 Å². The second kappa shape index (κ2) is 5.65. The molecule has 0 saturated carbocycles. The normalized spacial score (nSPS) is 14.3. The molecule has 0 saturated heterocycles. The summed E-state index contributed by atoms with van der Waals surface area (Å²) in [6, 6.07) is 14.8. The number of nitrogens with two attached hydrogens (primary N) is 1. The van der Waals surface area contributed by atoms with Crippen molar-refractivity contribution in [2.45, 2.75) is 26.2 Å². The second-order valence-electron chi connectivity index (χ2n) is 5.26. The van der Waals surface area contributed by atoms with Crippen molar-refractivity contribution in [1.82, 2.24) is 4.90 Å². The Hall–Kier alpha value is -1.84. The van der Waals surface area contributed by atoms with Gasteiger partial charge in [0.15, 0.2) is 0 Å². The van der Waals surface area contributed by atoms with E-state index in [-0.39, 0.29) is 0 Å². The zero-order valence-corrected chi connectivity index (χ0v) is 11.8. The second-order valence-corrected chi connectivity index (χ2v) is 5.26. The molecule has 2 aromatic rings. The van der Waals surface area contributed by atoms with Crippen LogP contribution in [-0.4, -0.2) is 12.0 Å². The number of nitrogens with zero attached hydrogens (tertiary/aromatic N) is 1. The SMILES string of the molecule is COc1ccc(CN)cc1CN1Cc2ccccc2C1. The lowest BCUT2D eigenvalue weighted by molar-refractivity contribution is 0.270. The van der Waals surface area contributed by atoms with E-state index in [0.29, 0.717) is 6.54 Å². The maximum atomic E-state index is 5.73. The van der Waals surface area contributed by atoms with Crippen molar-refractivity contribution in [3.05, 3.63) is 64.7 Å². The minimum atomic E-state index is 0.567. The van der Waals surface area contributed by atoms with Crippen molar-refractivity contribution in [2.24, 2.45) is 5.73 Å². The maximum absolute atomic E-state index is 5.73. The van der Waals surface area contributed by atoms with Gasteiger partial charge >= 0.3 is 0 Å². The highest BCUT2D eigenvalue weighted by Crippen LogP contribution is 2.27. The van der Waals surface area contributed by atoms with Crippen LogP contribution in [0.15, 0.2) is 42.5 Å². The topological polar surface area (TPSA) is 38.5 Å². The van der Waals surface area contributed by atoms with Crippen molar-refractivity contribution >= 4 is 0 Å². The zero-order chi connectivity index (χ0) is 13.9. The molecule has 2 N–H and O–H groups in total. The molecule has 3 nitrogen and oxygen atoms in total. The van der Waals surface area contributed by atoms with Gasteiger partial charge in [0.2, 0.25) is 0 Å². The average molecular weight is 268 g/mol. The van der Waals surface area contributed by atoms with Gasteiger partial charge in [-0.3, -0.25) is 4.90 Å². The third-order valence-electron chi connectivity index (χ3n) is 3.88. The molecule has 3 heteroatoms. The summed E-state index contributed by atoms with van der Waals surface area (Å²) >= 11 is 0. The van der Waals surface area contributed by atoms with Gasteiger partial charge < -0.3 is 10.5 Å². The molecule has 0 fully saturated rings. The number of fused-ring (bicyclic) bond motifs is 1. The molecule has 1 heterocycles. The van der Waals surface area contributed by atoms with Gasteiger partial charge in [-0.15, -0.1) is 0 Å². The first-order valence-electron chi connectivity index (χ1n) is 6.95. The Kier molecular flexibility index (Phi) is 3.72. The molecule has 0 aromatic heterocycles. The van der Waals surface area contributed by atoms with Gasteiger partial charge in [-0.1, -0.05) is 30.3 Å². The predicted molar refractivity (Wildman–Crippen MR) is 80.3 cm³/mol. The first-order chi connectivity index (χ1) is 9.80. The highest BCUT2D eigenvalue weighted by molar-refractivity contribution is 5.38. The van der Waals surface area contributed by atoms with Crippen LogP contribution >= 0.6 is 0 Å². The van der Waals surface area contributed by atoms with Gasteiger partial charge in [0.1, 0.15) is 5.75 Å². The maximum Gasteiger partial charge on any atom is 0.123 e. The van der Waals surface area contributed by atoms with E-state index in [0.717, 1.165) is 30.9 Å². The molecule has 0 aliphatic carbocycles. The van der Waals surface area contributed by atoms with E-state index in [4.69, 9.17) is 10.5 Å². The fourth-order valence-corrected chi connectivity index (χ4v) is 2.84. The highest BCUT2D eigenvalue weighted by atomic mass is 16.5.